The first kappa shape index (κ1) is 22.3. The van der Waals surface area contributed by atoms with Crippen molar-refractivity contribution in [2.45, 2.75) is 12.8 Å². The van der Waals surface area contributed by atoms with Crippen molar-refractivity contribution >= 4 is 27.4 Å². The van der Waals surface area contributed by atoms with Crippen LogP contribution in [0.2, 0.25) is 0 Å². The van der Waals surface area contributed by atoms with E-state index in [4.69, 9.17) is 0 Å². The Balaban J connectivity index is 2.46. The second kappa shape index (κ2) is 8.55. The molecule has 0 saturated carbocycles. The van der Waals surface area contributed by atoms with Gasteiger partial charge in [-0.05, 0) is 36.4 Å². The van der Waals surface area contributed by atoms with Crippen LogP contribution in [0.4, 0.5) is 28.9 Å². The number of alkyl halides is 3. The SMILES string of the molecule is COC(=O)CCS(=O)(=O)N(c1ccc(OC(F)(F)F)cc1)c1ccc(O)c(F)c1. The molecule has 0 aliphatic heterocycles. The summed E-state index contributed by atoms with van der Waals surface area (Å²) in [5.41, 5.74) is -0.385. The van der Waals surface area contributed by atoms with Gasteiger partial charge in [0, 0.05) is 6.07 Å². The van der Waals surface area contributed by atoms with Crippen molar-refractivity contribution in [1.29, 1.82) is 0 Å². The summed E-state index contributed by atoms with van der Waals surface area (Å²) in [6.07, 6.45) is -5.45. The van der Waals surface area contributed by atoms with Gasteiger partial charge in [0.1, 0.15) is 5.75 Å². The van der Waals surface area contributed by atoms with Crippen molar-refractivity contribution in [3.05, 3.63) is 48.3 Å². The molecule has 0 bridgehead atoms. The number of esters is 1. The van der Waals surface area contributed by atoms with E-state index >= 15 is 0 Å². The maximum atomic E-state index is 13.8. The molecule has 12 heteroatoms. The van der Waals surface area contributed by atoms with Gasteiger partial charge in [0.05, 0.1) is 30.7 Å². The van der Waals surface area contributed by atoms with E-state index in [1.165, 1.54) is 0 Å². The molecule has 2 rings (SSSR count). The number of anilines is 2. The molecule has 0 amide bonds. The highest BCUT2D eigenvalue weighted by Gasteiger charge is 2.31. The minimum Gasteiger partial charge on any atom is -0.505 e. The number of methoxy groups -OCH3 is 1. The van der Waals surface area contributed by atoms with Crippen LogP contribution in [0.1, 0.15) is 6.42 Å². The molecule has 29 heavy (non-hydrogen) atoms. The molecule has 158 valence electrons. The van der Waals surface area contributed by atoms with Crippen LogP contribution < -0.4 is 9.04 Å². The molecule has 1 N–H and O–H groups in total. The third-order valence-electron chi connectivity index (χ3n) is 3.54. The van der Waals surface area contributed by atoms with Crippen molar-refractivity contribution in [3.8, 4) is 11.5 Å². The second-order valence-electron chi connectivity index (χ2n) is 5.58. The summed E-state index contributed by atoms with van der Waals surface area (Å²) in [5.74, 6) is -3.96. The molecule has 0 aliphatic carbocycles. The van der Waals surface area contributed by atoms with E-state index in [1.54, 1.807) is 0 Å². The summed E-state index contributed by atoms with van der Waals surface area (Å²) in [5, 5.41) is 9.32. The summed E-state index contributed by atoms with van der Waals surface area (Å²) < 4.78 is 85.0. The van der Waals surface area contributed by atoms with Crippen molar-refractivity contribution in [1.82, 2.24) is 0 Å². The zero-order valence-electron chi connectivity index (χ0n) is 14.8. The molecule has 0 fully saturated rings. The first-order valence-electron chi connectivity index (χ1n) is 7.87. The van der Waals surface area contributed by atoms with Crippen LogP contribution in [0.5, 0.6) is 11.5 Å². The number of halogens is 4. The van der Waals surface area contributed by atoms with Gasteiger partial charge in [-0.2, -0.15) is 0 Å². The van der Waals surface area contributed by atoms with E-state index in [2.05, 4.69) is 9.47 Å². The Morgan fingerprint density at radius 3 is 2.21 bits per heavy atom. The largest absolute Gasteiger partial charge is 0.573 e. The number of rotatable bonds is 7. The van der Waals surface area contributed by atoms with Gasteiger partial charge in [-0.1, -0.05) is 0 Å². The van der Waals surface area contributed by atoms with Gasteiger partial charge in [-0.15, -0.1) is 13.2 Å². The number of phenolic OH excluding ortho intramolecular Hbond substituents is 1. The van der Waals surface area contributed by atoms with Gasteiger partial charge in [0.15, 0.2) is 11.6 Å². The predicted octanol–water partition coefficient (Wildman–Crippen LogP) is 3.46. The molecule has 0 unspecified atom stereocenters. The number of carbonyl (C=O) groups is 1. The van der Waals surface area contributed by atoms with Crippen LogP contribution in [-0.2, 0) is 19.6 Å². The van der Waals surface area contributed by atoms with Crippen molar-refractivity contribution in [3.63, 3.8) is 0 Å². The molecule has 0 aromatic heterocycles. The minimum absolute atomic E-state index is 0.144. The third kappa shape index (κ3) is 5.98. The number of hydrogen-bond donors (Lipinski definition) is 1. The van der Waals surface area contributed by atoms with Gasteiger partial charge in [0.25, 0.3) is 0 Å². The lowest BCUT2D eigenvalue weighted by molar-refractivity contribution is -0.274. The van der Waals surface area contributed by atoms with Gasteiger partial charge < -0.3 is 14.6 Å². The lowest BCUT2D eigenvalue weighted by atomic mass is 10.2. The average molecular weight is 437 g/mol. The van der Waals surface area contributed by atoms with Crippen LogP contribution in [0, 0.1) is 5.82 Å². The Morgan fingerprint density at radius 1 is 1.10 bits per heavy atom. The topological polar surface area (TPSA) is 93.1 Å². The molecule has 2 aromatic carbocycles. The van der Waals surface area contributed by atoms with Gasteiger partial charge >= 0.3 is 12.3 Å². The summed E-state index contributed by atoms with van der Waals surface area (Å²) >= 11 is 0. The Bertz CT molecular complexity index is 976. The summed E-state index contributed by atoms with van der Waals surface area (Å²) in [6, 6.07) is 6.52. The first-order chi connectivity index (χ1) is 13.4. The molecule has 0 radical (unpaired) electrons. The highest BCUT2D eigenvalue weighted by Crippen LogP contribution is 2.34. The molecule has 0 spiro atoms. The van der Waals surface area contributed by atoms with Crippen LogP contribution in [-0.4, -0.2) is 38.7 Å². The van der Waals surface area contributed by atoms with E-state index in [9.17, 15) is 35.9 Å². The fourth-order valence-corrected chi connectivity index (χ4v) is 3.77. The van der Waals surface area contributed by atoms with Crippen LogP contribution in [0.15, 0.2) is 42.5 Å². The Kier molecular flexibility index (Phi) is 6.57. The normalized spacial score (nSPS) is 11.8. The average Bonchev–Trinajstić information content (AvgIpc) is 2.63. The lowest BCUT2D eigenvalue weighted by Crippen LogP contribution is -2.30. The summed E-state index contributed by atoms with van der Waals surface area (Å²) in [4.78, 5) is 11.3. The van der Waals surface area contributed by atoms with E-state index in [1.807, 2.05) is 0 Å². The maximum absolute atomic E-state index is 13.8. The molecule has 0 saturated heterocycles. The maximum Gasteiger partial charge on any atom is 0.573 e. The number of nitrogens with zero attached hydrogens (tertiary/aromatic N) is 1. The van der Waals surface area contributed by atoms with Gasteiger partial charge in [-0.25, -0.2) is 17.1 Å². The molecular weight excluding hydrogens is 422 g/mol. The van der Waals surface area contributed by atoms with Crippen molar-refractivity contribution in [2.75, 3.05) is 17.2 Å². The smallest absolute Gasteiger partial charge is 0.505 e. The number of phenols is 1. The van der Waals surface area contributed by atoms with E-state index in [0.29, 0.717) is 4.31 Å². The molecule has 2 aromatic rings. The standard InChI is InChI=1S/C17H15F4NO6S/c1-27-16(24)8-9-29(25,26)22(12-4-7-15(23)14(18)10-12)11-2-5-13(6-3-11)28-17(19,20)21/h2-7,10,23H,8-9H2,1H3. The zero-order valence-corrected chi connectivity index (χ0v) is 15.6. The third-order valence-corrected chi connectivity index (χ3v) is 5.24. The molecular formula is C17H15F4NO6S. The zero-order chi connectivity index (χ0) is 21.8. The van der Waals surface area contributed by atoms with Crippen molar-refractivity contribution in [2.24, 2.45) is 0 Å². The number of hydrogen-bond acceptors (Lipinski definition) is 6. The van der Waals surface area contributed by atoms with E-state index < -0.39 is 51.8 Å². The van der Waals surface area contributed by atoms with Gasteiger partial charge in [-0.3, -0.25) is 4.79 Å². The Labute approximate surface area is 163 Å². The molecule has 0 atom stereocenters. The van der Waals surface area contributed by atoms with Crippen LogP contribution >= 0.6 is 0 Å². The van der Waals surface area contributed by atoms with Gasteiger partial charge in [0.2, 0.25) is 10.0 Å². The Morgan fingerprint density at radius 2 is 1.69 bits per heavy atom. The number of ether oxygens (including phenoxy) is 2. The van der Waals surface area contributed by atoms with Crippen molar-refractivity contribution < 1.29 is 45.4 Å². The molecule has 0 heterocycles. The molecule has 7 nitrogen and oxygen atoms in total. The lowest BCUT2D eigenvalue weighted by Gasteiger charge is -2.25. The predicted molar refractivity (Wildman–Crippen MR) is 93.7 cm³/mol. The quantitative estimate of drug-likeness (QED) is 0.527. The summed E-state index contributed by atoms with van der Waals surface area (Å²) in [6.45, 7) is 0. The monoisotopic (exact) mass is 437 g/mol. The fraction of sp³-hybridized carbons (Fsp3) is 0.235. The van der Waals surface area contributed by atoms with E-state index in [-0.39, 0.29) is 11.4 Å². The second-order valence-corrected chi connectivity index (χ2v) is 7.52. The Hall–Kier alpha value is -3.02. The number of aromatic hydroxyl groups is 1. The van der Waals surface area contributed by atoms with Crippen LogP contribution in [0.3, 0.4) is 0 Å². The fourth-order valence-electron chi connectivity index (χ4n) is 2.28. The minimum atomic E-state index is -4.94. The molecule has 0 aliphatic rings. The number of benzene rings is 2. The van der Waals surface area contributed by atoms with E-state index in [0.717, 1.165) is 49.6 Å². The highest BCUT2D eigenvalue weighted by atomic mass is 32.2. The summed E-state index contributed by atoms with van der Waals surface area (Å²) in [7, 11) is -3.22. The highest BCUT2D eigenvalue weighted by molar-refractivity contribution is 7.93. The first-order valence-corrected chi connectivity index (χ1v) is 9.48. The van der Waals surface area contributed by atoms with Crippen LogP contribution in [0.25, 0.3) is 0 Å². The number of sulfonamides is 1. The number of carbonyl (C=O) groups excluding carboxylic acids is 1.